The van der Waals surface area contributed by atoms with Gasteiger partial charge in [-0.2, -0.15) is 0 Å². The topological polar surface area (TPSA) is 222 Å². The normalized spacial score (nSPS) is 39.1. The Balaban J connectivity index is 3.27. The highest BCUT2D eigenvalue weighted by Gasteiger charge is 2.59. The first kappa shape index (κ1) is 17.6. The summed E-state index contributed by atoms with van der Waals surface area (Å²) in [6, 6.07) is 0. The standard InChI is InChI=1S/C9H16N4O8/c10-9(12-13-11)4(16)1-8(20,7(18)19)21-6(9)5(17)3(15)2-14/h3-6,14-17,20H,1-2,10H2,(H,18,19)/t3-,4+,5-,6+,8?,9+/m1/s1. The Bertz CT molecular complexity index is 457. The zero-order chi connectivity index (χ0) is 16.4. The van der Waals surface area contributed by atoms with Crippen molar-refractivity contribution in [2.45, 2.75) is 42.3 Å². The molecule has 1 saturated heterocycles. The van der Waals surface area contributed by atoms with E-state index in [1.54, 1.807) is 0 Å². The first-order valence-corrected chi connectivity index (χ1v) is 5.76. The predicted molar refractivity (Wildman–Crippen MR) is 63.2 cm³/mol. The molecule has 0 spiro atoms. The number of carbonyl (C=O) groups is 1. The first-order chi connectivity index (χ1) is 9.62. The number of nitrogens with zero attached hydrogens (tertiary/aromatic N) is 3. The van der Waals surface area contributed by atoms with E-state index in [0.717, 1.165) is 0 Å². The van der Waals surface area contributed by atoms with Crippen LogP contribution in [0.4, 0.5) is 0 Å². The van der Waals surface area contributed by atoms with Crippen LogP contribution >= 0.6 is 0 Å². The molecule has 0 saturated carbocycles. The Hall–Kier alpha value is -1.50. The molecular formula is C9H16N4O8. The fourth-order valence-electron chi connectivity index (χ4n) is 1.96. The highest BCUT2D eigenvalue weighted by molar-refractivity contribution is 5.75. The number of rotatable bonds is 5. The number of hydrogen-bond donors (Lipinski definition) is 7. The van der Waals surface area contributed by atoms with E-state index < -0.39 is 54.9 Å². The number of carboxylic acid groups (broad SMARTS) is 1. The van der Waals surface area contributed by atoms with Gasteiger partial charge in [0.1, 0.15) is 18.3 Å². The first-order valence-electron chi connectivity index (χ1n) is 5.76. The van der Waals surface area contributed by atoms with Gasteiger partial charge < -0.3 is 41.1 Å². The van der Waals surface area contributed by atoms with Crippen LogP contribution in [0.2, 0.25) is 0 Å². The predicted octanol–water partition coefficient (Wildman–Crippen LogP) is -3.41. The molecule has 1 heterocycles. The van der Waals surface area contributed by atoms with Crippen LogP contribution in [0.25, 0.3) is 10.4 Å². The molecule has 1 fully saturated rings. The van der Waals surface area contributed by atoms with Gasteiger partial charge in [-0.25, -0.2) is 4.79 Å². The number of hydrogen-bond acceptors (Lipinski definition) is 9. The van der Waals surface area contributed by atoms with Crippen molar-refractivity contribution in [1.29, 1.82) is 0 Å². The molecular weight excluding hydrogens is 292 g/mol. The molecule has 1 rings (SSSR count). The number of aliphatic hydroxyl groups is 5. The van der Waals surface area contributed by atoms with E-state index in [9.17, 15) is 25.2 Å². The van der Waals surface area contributed by atoms with Gasteiger partial charge in [-0.05, 0) is 5.53 Å². The van der Waals surface area contributed by atoms with E-state index in [1.165, 1.54) is 0 Å². The maximum absolute atomic E-state index is 11.0. The molecule has 0 aromatic rings. The third-order valence-corrected chi connectivity index (χ3v) is 3.23. The lowest BCUT2D eigenvalue weighted by Crippen LogP contribution is -2.72. The maximum atomic E-state index is 11.0. The SMILES string of the molecule is [N-]=[N+]=N[C@@]1(N)[C@@H](O)CC(O)(C(=O)O)O[C@H]1[C@H](O)[C@H](O)CO. The Morgan fingerprint density at radius 3 is 2.57 bits per heavy atom. The van der Waals surface area contributed by atoms with Crippen molar-refractivity contribution in [3.05, 3.63) is 10.4 Å². The number of carboxylic acids is 1. The van der Waals surface area contributed by atoms with Gasteiger partial charge in [-0.15, -0.1) is 0 Å². The second-order valence-corrected chi connectivity index (χ2v) is 4.67. The minimum atomic E-state index is -2.91. The molecule has 0 amide bonds. The fraction of sp³-hybridized carbons (Fsp3) is 0.889. The molecule has 1 unspecified atom stereocenters. The average Bonchev–Trinajstić information content (AvgIpc) is 2.41. The van der Waals surface area contributed by atoms with Gasteiger partial charge >= 0.3 is 5.97 Å². The minimum Gasteiger partial charge on any atom is -0.477 e. The molecule has 1 aliphatic heterocycles. The molecule has 0 aromatic heterocycles. The van der Waals surface area contributed by atoms with Gasteiger partial charge in [0, 0.05) is 11.3 Å². The van der Waals surface area contributed by atoms with Gasteiger partial charge in [0.25, 0.3) is 5.79 Å². The average molecular weight is 308 g/mol. The summed E-state index contributed by atoms with van der Waals surface area (Å²) in [7, 11) is 0. The van der Waals surface area contributed by atoms with Crippen molar-refractivity contribution in [3.8, 4) is 0 Å². The van der Waals surface area contributed by atoms with Crippen LogP contribution in [0.15, 0.2) is 5.11 Å². The molecule has 0 aromatic carbocycles. The highest BCUT2D eigenvalue weighted by atomic mass is 16.7. The molecule has 12 heteroatoms. The molecule has 6 atom stereocenters. The van der Waals surface area contributed by atoms with Crippen LogP contribution in [0.3, 0.4) is 0 Å². The van der Waals surface area contributed by atoms with Crippen molar-refractivity contribution >= 4 is 5.97 Å². The molecule has 12 nitrogen and oxygen atoms in total. The zero-order valence-corrected chi connectivity index (χ0v) is 10.6. The number of aliphatic carboxylic acids is 1. The maximum Gasteiger partial charge on any atom is 0.364 e. The van der Waals surface area contributed by atoms with Crippen LogP contribution in [0, 0.1) is 0 Å². The Kier molecular flexibility index (Phi) is 5.09. The lowest BCUT2D eigenvalue weighted by molar-refractivity contribution is -0.307. The number of ether oxygens (including phenoxy) is 1. The number of aliphatic hydroxyl groups excluding tert-OH is 4. The van der Waals surface area contributed by atoms with E-state index in [1.807, 2.05) is 0 Å². The third-order valence-electron chi connectivity index (χ3n) is 3.23. The summed E-state index contributed by atoms with van der Waals surface area (Å²) in [4.78, 5) is 13.3. The summed E-state index contributed by atoms with van der Waals surface area (Å²) >= 11 is 0. The molecule has 21 heavy (non-hydrogen) atoms. The van der Waals surface area contributed by atoms with Gasteiger partial charge in [-0.1, -0.05) is 5.11 Å². The lowest BCUT2D eigenvalue weighted by Gasteiger charge is -2.48. The van der Waals surface area contributed by atoms with Gasteiger partial charge in [0.15, 0.2) is 5.66 Å². The fourth-order valence-corrected chi connectivity index (χ4v) is 1.96. The van der Waals surface area contributed by atoms with Crippen molar-refractivity contribution in [1.82, 2.24) is 0 Å². The summed E-state index contributed by atoms with van der Waals surface area (Å²) in [6.45, 7) is -0.949. The van der Waals surface area contributed by atoms with Gasteiger partial charge in [0.2, 0.25) is 0 Å². The second kappa shape index (κ2) is 6.09. The third kappa shape index (κ3) is 3.07. The number of nitrogens with two attached hydrogens (primary N) is 1. The van der Waals surface area contributed by atoms with E-state index in [4.69, 9.17) is 26.2 Å². The van der Waals surface area contributed by atoms with Gasteiger partial charge in [-0.3, -0.25) is 0 Å². The van der Waals surface area contributed by atoms with Crippen molar-refractivity contribution in [3.63, 3.8) is 0 Å². The Morgan fingerprint density at radius 1 is 1.57 bits per heavy atom. The zero-order valence-electron chi connectivity index (χ0n) is 10.6. The van der Waals surface area contributed by atoms with Crippen LogP contribution in [0.1, 0.15) is 6.42 Å². The monoisotopic (exact) mass is 308 g/mol. The van der Waals surface area contributed by atoms with E-state index in [0.29, 0.717) is 0 Å². The Morgan fingerprint density at radius 2 is 2.14 bits per heavy atom. The lowest BCUT2D eigenvalue weighted by atomic mass is 9.84. The largest absolute Gasteiger partial charge is 0.477 e. The molecule has 0 aliphatic carbocycles. The van der Waals surface area contributed by atoms with Crippen LogP contribution in [0.5, 0.6) is 0 Å². The van der Waals surface area contributed by atoms with Gasteiger partial charge in [0.05, 0.1) is 12.7 Å². The smallest absolute Gasteiger partial charge is 0.364 e. The van der Waals surface area contributed by atoms with Crippen LogP contribution in [-0.4, -0.2) is 79.1 Å². The molecule has 120 valence electrons. The highest BCUT2D eigenvalue weighted by Crippen LogP contribution is 2.36. The second-order valence-electron chi connectivity index (χ2n) is 4.67. The molecule has 1 aliphatic rings. The van der Waals surface area contributed by atoms with Crippen LogP contribution < -0.4 is 5.73 Å². The van der Waals surface area contributed by atoms with E-state index >= 15 is 0 Å². The summed E-state index contributed by atoms with van der Waals surface area (Å²) in [5, 5.41) is 59.6. The van der Waals surface area contributed by atoms with Crippen molar-refractivity contribution < 1.29 is 40.2 Å². The minimum absolute atomic E-state index is 0.934. The molecule has 0 radical (unpaired) electrons. The Labute approximate surface area is 117 Å². The molecule has 8 N–H and O–H groups in total. The molecule has 0 bridgehead atoms. The summed E-state index contributed by atoms with van der Waals surface area (Å²) in [6.07, 6.45) is -8.69. The van der Waals surface area contributed by atoms with Crippen LogP contribution in [-0.2, 0) is 9.53 Å². The van der Waals surface area contributed by atoms with E-state index in [-0.39, 0.29) is 0 Å². The summed E-state index contributed by atoms with van der Waals surface area (Å²) in [5.41, 5.74) is 11.7. The number of azide groups is 1. The summed E-state index contributed by atoms with van der Waals surface area (Å²) in [5.74, 6) is -4.78. The van der Waals surface area contributed by atoms with Crippen molar-refractivity contribution in [2.75, 3.05) is 6.61 Å². The summed E-state index contributed by atoms with van der Waals surface area (Å²) < 4.78 is 4.74. The quantitative estimate of drug-likeness (QED) is 0.152. The van der Waals surface area contributed by atoms with Crippen molar-refractivity contribution in [2.24, 2.45) is 10.8 Å². The van der Waals surface area contributed by atoms with E-state index in [2.05, 4.69) is 10.0 Å².